The fraction of sp³-hybridized carbons (Fsp3) is 0.267. The highest BCUT2D eigenvalue weighted by Crippen LogP contribution is 2.31. The molecular weight excluding hydrogens is 316 g/mol. The first-order valence-electron chi connectivity index (χ1n) is 6.85. The number of thioether (sulfide) groups is 1. The minimum absolute atomic E-state index is 0.421. The number of methoxy groups -OCH3 is 2. The van der Waals surface area contributed by atoms with E-state index >= 15 is 0 Å². The first-order chi connectivity index (χ1) is 11.2. The summed E-state index contributed by atoms with van der Waals surface area (Å²) < 4.78 is 18.2. The molecule has 0 aliphatic heterocycles. The fourth-order valence-electron chi connectivity index (χ4n) is 1.98. The molecule has 7 nitrogen and oxygen atoms in total. The Morgan fingerprint density at radius 1 is 1.13 bits per heavy atom. The van der Waals surface area contributed by atoms with E-state index in [4.69, 9.17) is 13.9 Å². The van der Waals surface area contributed by atoms with Crippen LogP contribution in [0.2, 0.25) is 0 Å². The Bertz CT molecular complexity index is 777. The van der Waals surface area contributed by atoms with Gasteiger partial charge in [-0.2, -0.15) is 0 Å². The summed E-state index contributed by atoms with van der Waals surface area (Å²) >= 11 is 1.44. The monoisotopic (exact) mass is 332 g/mol. The molecule has 0 saturated carbocycles. The van der Waals surface area contributed by atoms with E-state index in [0.29, 0.717) is 28.4 Å². The Morgan fingerprint density at radius 2 is 1.87 bits per heavy atom. The molecule has 0 aliphatic rings. The number of imidazole rings is 1. The molecule has 3 aromatic rings. The van der Waals surface area contributed by atoms with E-state index in [9.17, 15) is 0 Å². The zero-order valence-corrected chi connectivity index (χ0v) is 13.8. The van der Waals surface area contributed by atoms with E-state index in [0.717, 1.165) is 11.4 Å². The maximum Gasteiger partial charge on any atom is 0.277 e. The highest BCUT2D eigenvalue weighted by atomic mass is 32.2. The molecule has 0 aliphatic carbocycles. The predicted molar refractivity (Wildman–Crippen MR) is 85.6 cm³/mol. The van der Waals surface area contributed by atoms with E-state index in [1.54, 1.807) is 26.5 Å². The van der Waals surface area contributed by atoms with Gasteiger partial charge >= 0.3 is 0 Å². The summed E-state index contributed by atoms with van der Waals surface area (Å²) in [6.07, 6.45) is 3.66. The van der Waals surface area contributed by atoms with Crippen molar-refractivity contribution in [1.82, 2.24) is 19.7 Å². The lowest BCUT2D eigenvalue weighted by Crippen LogP contribution is -1.94. The minimum atomic E-state index is 0.421. The molecule has 0 bridgehead atoms. The lowest BCUT2D eigenvalue weighted by molar-refractivity contribution is 0.394. The number of nitrogens with zero attached hydrogens (tertiary/aromatic N) is 4. The average Bonchev–Trinajstić information content (AvgIpc) is 3.21. The summed E-state index contributed by atoms with van der Waals surface area (Å²) in [5.74, 6) is 3.36. The maximum absolute atomic E-state index is 5.70. The van der Waals surface area contributed by atoms with Gasteiger partial charge in [0.1, 0.15) is 17.3 Å². The van der Waals surface area contributed by atoms with Gasteiger partial charge in [-0.25, -0.2) is 4.98 Å². The molecule has 0 radical (unpaired) electrons. The Balaban J connectivity index is 1.77. The Labute approximate surface area is 137 Å². The lowest BCUT2D eigenvalue weighted by atomic mass is 10.2. The lowest BCUT2D eigenvalue weighted by Gasteiger charge is -2.05. The molecule has 0 spiro atoms. The van der Waals surface area contributed by atoms with Crippen LogP contribution in [0.1, 0.15) is 5.82 Å². The molecule has 2 aromatic heterocycles. The smallest absolute Gasteiger partial charge is 0.277 e. The Morgan fingerprint density at radius 3 is 2.48 bits per heavy atom. The normalized spacial score (nSPS) is 10.7. The summed E-state index contributed by atoms with van der Waals surface area (Å²) in [5.41, 5.74) is 0.748. The Hall–Kier alpha value is -2.48. The molecule has 2 heterocycles. The third kappa shape index (κ3) is 3.48. The molecule has 8 heteroatoms. The topological polar surface area (TPSA) is 75.2 Å². The highest BCUT2D eigenvalue weighted by Gasteiger charge is 2.13. The zero-order valence-electron chi connectivity index (χ0n) is 13.0. The second-order valence-corrected chi connectivity index (χ2v) is 5.64. The molecule has 1 aromatic carbocycles. The van der Waals surface area contributed by atoms with Crippen LogP contribution in [0.15, 0.2) is 40.2 Å². The highest BCUT2D eigenvalue weighted by molar-refractivity contribution is 7.98. The second-order valence-electron chi connectivity index (χ2n) is 4.72. The molecule has 0 N–H and O–H groups in total. The fourth-order valence-corrected chi connectivity index (χ4v) is 2.74. The number of ether oxygens (including phenoxy) is 2. The van der Waals surface area contributed by atoms with Crippen molar-refractivity contribution in [1.29, 1.82) is 0 Å². The molecule has 0 amide bonds. The van der Waals surface area contributed by atoms with Crippen LogP contribution in [0.5, 0.6) is 11.5 Å². The van der Waals surface area contributed by atoms with Gasteiger partial charge in [-0.05, 0) is 12.1 Å². The minimum Gasteiger partial charge on any atom is -0.497 e. The first kappa shape index (κ1) is 15.4. The third-order valence-electron chi connectivity index (χ3n) is 3.25. The number of aromatic nitrogens is 4. The summed E-state index contributed by atoms with van der Waals surface area (Å²) in [6, 6.07) is 5.43. The predicted octanol–water partition coefficient (Wildman–Crippen LogP) is 2.78. The average molecular weight is 332 g/mol. The van der Waals surface area contributed by atoms with Gasteiger partial charge in [-0.3, -0.25) is 0 Å². The van der Waals surface area contributed by atoms with E-state index in [1.807, 2.05) is 29.9 Å². The van der Waals surface area contributed by atoms with Crippen molar-refractivity contribution in [2.24, 2.45) is 7.05 Å². The number of benzene rings is 1. The van der Waals surface area contributed by atoms with Crippen molar-refractivity contribution in [3.63, 3.8) is 0 Å². The van der Waals surface area contributed by atoms with Crippen molar-refractivity contribution in [3.8, 4) is 23.0 Å². The quantitative estimate of drug-likeness (QED) is 0.642. The molecule has 120 valence electrons. The molecular formula is C15H16N4O3S. The third-order valence-corrected chi connectivity index (χ3v) is 4.07. The van der Waals surface area contributed by atoms with Crippen LogP contribution in [-0.2, 0) is 12.8 Å². The van der Waals surface area contributed by atoms with Gasteiger partial charge in [0.25, 0.3) is 5.22 Å². The molecule has 0 saturated heterocycles. The molecule has 3 rings (SSSR count). The summed E-state index contributed by atoms with van der Waals surface area (Å²) in [4.78, 5) is 4.26. The van der Waals surface area contributed by atoms with Crippen LogP contribution < -0.4 is 9.47 Å². The summed E-state index contributed by atoms with van der Waals surface area (Å²) in [5, 5.41) is 8.63. The van der Waals surface area contributed by atoms with Crippen LogP contribution in [0, 0.1) is 0 Å². The first-order valence-corrected chi connectivity index (χ1v) is 7.84. The standard InChI is InChI=1S/C15H16N4O3S/c1-19-5-4-16-13(19)9-23-15-18-17-14(22-15)10-6-11(20-2)8-12(7-10)21-3/h4-8H,9H2,1-3H3. The van der Waals surface area contributed by atoms with Crippen LogP contribution in [0.3, 0.4) is 0 Å². The molecule has 0 unspecified atom stereocenters. The Kier molecular flexibility index (Phi) is 4.52. The van der Waals surface area contributed by atoms with Gasteiger partial charge in [-0.1, -0.05) is 11.8 Å². The van der Waals surface area contributed by atoms with Gasteiger partial charge in [-0.15, -0.1) is 10.2 Å². The number of hydrogen-bond donors (Lipinski definition) is 0. The SMILES string of the molecule is COc1cc(OC)cc(-c2nnc(SCc3nccn3C)o2)c1. The van der Waals surface area contributed by atoms with Crippen molar-refractivity contribution < 1.29 is 13.9 Å². The number of aryl methyl sites for hydroxylation is 1. The van der Waals surface area contributed by atoms with Gasteiger partial charge < -0.3 is 18.5 Å². The van der Waals surface area contributed by atoms with Crippen molar-refractivity contribution in [2.75, 3.05) is 14.2 Å². The van der Waals surface area contributed by atoms with Gasteiger partial charge in [0, 0.05) is 31.1 Å². The van der Waals surface area contributed by atoms with Crippen LogP contribution in [-0.4, -0.2) is 34.0 Å². The van der Waals surface area contributed by atoms with E-state index in [2.05, 4.69) is 15.2 Å². The van der Waals surface area contributed by atoms with Crippen LogP contribution in [0.25, 0.3) is 11.5 Å². The van der Waals surface area contributed by atoms with Crippen molar-refractivity contribution >= 4 is 11.8 Å². The summed E-state index contributed by atoms with van der Waals surface area (Å²) in [6.45, 7) is 0. The second kappa shape index (κ2) is 6.74. The van der Waals surface area contributed by atoms with Crippen LogP contribution >= 0.6 is 11.8 Å². The van der Waals surface area contributed by atoms with Crippen molar-refractivity contribution in [2.45, 2.75) is 11.0 Å². The number of hydrogen-bond acceptors (Lipinski definition) is 7. The van der Waals surface area contributed by atoms with E-state index in [-0.39, 0.29) is 0 Å². The van der Waals surface area contributed by atoms with Gasteiger partial charge in [0.05, 0.1) is 20.0 Å². The van der Waals surface area contributed by atoms with E-state index < -0.39 is 0 Å². The van der Waals surface area contributed by atoms with E-state index in [1.165, 1.54) is 11.8 Å². The molecule has 0 atom stereocenters. The largest absolute Gasteiger partial charge is 0.497 e. The zero-order chi connectivity index (χ0) is 16.2. The van der Waals surface area contributed by atoms with Crippen LogP contribution in [0.4, 0.5) is 0 Å². The summed E-state index contributed by atoms with van der Waals surface area (Å²) in [7, 11) is 5.14. The van der Waals surface area contributed by atoms with Gasteiger partial charge in [0.15, 0.2) is 0 Å². The maximum atomic E-state index is 5.70. The number of rotatable bonds is 6. The molecule has 0 fully saturated rings. The van der Waals surface area contributed by atoms with Crippen molar-refractivity contribution in [3.05, 3.63) is 36.4 Å². The van der Waals surface area contributed by atoms with Gasteiger partial charge in [0.2, 0.25) is 5.89 Å². The molecule has 23 heavy (non-hydrogen) atoms.